The zero-order chi connectivity index (χ0) is 15.5. The molecule has 0 saturated carbocycles. The Morgan fingerprint density at radius 3 is 2.24 bits per heavy atom. The van der Waals surface area contributed by atoms with Crippen LogP contribution in [-0.4, -0.2) is 11.5 Å². The molecule has 0 aliphatic rings. The van der Waals surface area contributed by atoms with E-state index in [1.807, 2.05) is 0 Å². The molecule has 0 bridgehead atoms. The highest BCUT2D eigenvalue weighted by atomic mass is 19.4. The van der Waals surface area contributed by atoms with E-state index < -0.39 is 24.0 Å². The van der Waals surface area contributed by atoms with Gasteiger partial charge in [-0.25, -0.2) is 4.39 Å². The molecule has 1 unspecified atom stereocenters. The number of hydrogen-bond acceptors (Lipinski definition) is 2. The highest BCUT2D eigenvalue weighted by Gasteiger charge is 2.32. The Hall–Kier alpha value is -2.08. The summed E-state index contributed by atoms with van der Waals surface area (Å²) in [6, 6.07) is 10.8. The predicted octanol–water partition coefficient (Wildman–Crippen LogP) is 4.00. The molecule has 0 aliphatic heterocycles. The van der Waals surface area contributed by atoms with Crippen molar-refractivity contribution in [1.82, 2.24) is 0 Å². The predicted molar refractivity (Wildman–Crippen MR) is 68.2 cm³/mol. The Morgan fingerprint density at radius 2 is 1.62 bits per heavy atom. The molecule has 1 atom stereocenters. The van der Waals surface area contributed by atoms with Gasteiger partial charge in [0.2, 0.25) is 0 Å². The summed E-state index contributed by atoms with van der Waals surface area (Å²) in [4.78, 5) is 0. The fraction of sp³-hybridized carbons (Fsp3) is 0.200. The average molecular weight is 300 g/mol. The van der Waals surface area contributed by atoms with Gasteiger partial charge in [-0.15, -0.1) is 13.2 Å². The molecule has 0 aliphatic carbocycles. The summed E-state index contributed by atoms with van der Waals surface area (Å²) in [5, 5.41) is 10.1. The van der Waals surface area contributed by atoms with Gasteiger partial charge in [-0.05, 0) is 23.8 Å². The van der Waals surface area contributed by atoms with Gasteiger partial charge in [0.1, 0.15) is 11.6 Å². The van der Waals surface area contributed by atoms with E-state index in [1.54, 1.807) is 0 Å². The molecule has 2 rings (SSSR count). The van der Waals surface area contributed by atoms with Crippen LogP contribution in [0.2, 0.25) is 0 Å². The van der Waals surface area contributed by atoms with Gasteiger partial charge >= 0.3 is 6.36 Å². The van der Waals surface area contributed by atoms with Crippen LogP contribution in [0.1, 0.15) is 17.2 Å². The second kappa shape index (κ2) is 6.13. The van der Waals surface area contributed by atoms with Crippen molar-refractivity contribution in [1.29, 1.82) is 0 Å². The van der Waals surface area contributed by atoms with Crippen molar-refractivity contribution < 1.29 is 27.4 Å². The van der Waals surface area contributed by atoms with Crippen LogP contribution in [0.25, 0.3) is 0 Å². The summed E-state index contributed by atoms with van der Waals surface area (Å²) in [6.07, 6.45) is -5.96. The number of rotatable bonds is 4. The molecule has 112 valence electrons. The molecule has 2 nitrogen and oxygen atoms in total. The van der Waals surface area contributed by atoms with E-state index in [4.69, 9.17) is 0 Å². The lowest BCUT2D eigenvalue weighted by Gasteiger charge is -2.17. The summed E-state index contributed by atoms with van der Waals surface area (Å²) >= 11 is 0. The smallest absolute Gasteiger partial charge is 0.405 e. The SMILES string of the molecule is OC(Cc1ccc(F)cc1)c1ccccc1OC(F)(F)F. The first kappa shape index (κ1) is 15.3. The molecule has 2 aromatic rings. The third-order valence-corrected chi connectivity index (χ3v) is 2.85. The van der Waals surface area contributed by atoms with Crippen molar-refractivity contribution in [3.8, 4) is 5.75 Å². The fourth-order valence-corrected chi connectivity index (χ4v) is 1.93. The molecule has 21 heavy (non-hydrogen) atoms. The number of alkyl halides is 3. The third kappa shape index (κ3) is 4.46. The molecule has 0 fully saturated rings. The molecule has 0 saturated heterocycles. The first-order chi connectivity index (χ1) is 9.85. The minimum atomic E-state index is -4.83. The summed E-state index contributed by atoms with van der Waals surface area (Å²) in [6.45, 7) is 0. The first-order valence-electron chi connectivity index (χ1n) is 6.12. The number of aliphatic hydroxyl groups excluding tert-OH is 1. The van der Waals surface area contributed by atoms with Crippen molar-refractivity contribution in [3.63, 3.8) is 0 Å². The quantitative estimate of drug-likeness (QED) is 0.865. The summed E-state index contributed by atoms with van der Waals surface area (Å²) in [5.74, 6) is -0.867. The van der Waals surface area contributed by atoms with Gasteiger partial charge in [-0.1, -0.05) is 30.3 Å². The Morgan fingerprint density at radius 1 is 1.00 bits per heavy atom. The van der Waals surface area contributed by atoms with E-state index in [1.165, 1.54) is 42.5 Å². The largest absolute Gasteiger partial charge is 0.573 e. The highest BCUT2D eigenvalue weighted by Crippen LogP contribution is 2.31. The van der Waals surface area contributed by atoms with Crippen LogP contribution < -0.4 is 4.74 Å². The monoisotopic (exact) mass is 300 g/mol. The number of halogens is 4. The van der Waals surface area contributed by atoms with E-state index in [9.17, 15) is 22.7 Å². The molecule has 6 heteroatoms. The third-order valence-electron chi connectivity index (χ3n) is 2.85. The Labute approximate surface area is 118 Å². The highest BCUT2D eigenvalue weighted by molar-refractivity contribution is 5.36. The Kier molecular flexibility index (Phi) is 4.47. The minimum Gasteiger partial charge on any atom is -0.405 e. The van der Waals surface area contributed by atoms with Crippen molar-refractivity contribution in [2.75, 3.05) is 0 Å². The van der Waals surface area contributed by atoms with Gasteiger partial charge in [0.25, 0.3) is 0 Å². The van der Waals surface area contributed by atoms with Gasteiger partial charge in [-0.3, -0.25) is 0 Å². The maximum Gasteiger partial charge on any atom is 0.573 e. The molecule has 0 radical (unpaired) electrons. The van der Waals surface area contributed by atoms with Crippen LogP contribution in [0.15, 0.2) is 48.5 Å². The standard InChI is InChI=1S/C15H12F4O2/c16-11-7-5-10(6-8-11)9-13(20)12-3-1-2-4-14(12)21-15(17,18)19/h1-8,13,20H,9H2. The zero-order valence-corrected chi connectivity index (χ0v) is 10.8. The number of para-hydroxylation sites is 1. The molecule has 0 heterocycles. The normalized spacial score (nSPS) is 13.0. The molecule has 0 amide bonds. The molecule has 2 aromatic carbocycles. The van der Waals surface area contributed by atoms with Crippen molar-refractivity contribution in [2.45, 2.75) is 18.9 Å². The van der Waals surface area contributed by atoms with E-state index in [-0.39, 0.29) is 12.0 Å². The van der Waals surface area contributed by atoms with E-state index in [0.29, 0.717) is 5.56 Å². The minimum absolute atomic E-state index is 0.0270. The van der Waals surface area contributed by atoms with Gasteiger partial charge in [0, 0.05) is 12.0 Å². The Balaban J connectivity index is 2.18. The van der Waals surface area contributed by atoms with E-state index >= 15 is 0 Å². The van der Waals surface area contributed by atoms with Crippen LogP contribution in [0, 0.1) is 5.82 Å². The average Bonchev–Trinajstić information content (AvgIpc) is 2.40. The van der Waals surface area contributed by atoms with Crippen LogP contribution in [0.5, 0.6) is 5.75 Å². The number of ether oxygens (including phenoxy) is 1. The molecular weight excluding hydrogens is 288 g/mol. The maximum atomic E-state index is 12.8. The zero-order valence-electron chi connectivity index (χ0n) is 10.8. The Bertz CT molecular complexity index is 593. The molecule has 0 spiro atoms. The summed E-state index contributed by atoms with van der Waals surface area (Å²) in [5.41, 5.74) is 0.630. The van der Waals surface area contributed by atoms with Crippen LogP contribution in [0.3, 0.4) is 0 Å². The molecule has 0 aromatic heterocycles. The number of benzene rings is 2. The fourth-order valence-electron chi connectivity index (χ4n) is 1.93. The second-order valence-electron chi connectivity index (χ2n) is 4.43. The lowest BCUT2D eigenvalue weighted by Crippen LogP contribution is -2.19. The second-order valence-corrected chi connectivity index (χ2v) is 4.43. The summed E-state index contributed by atoms with van der Waals surface area (Å²) in [7, 11) is 0. The summed E-state index contributed by atoms with van der Waals surface area (Å²) < 4.78 is 53.6. The lowest BCUT2D eigenvalue weighted by atomic mass is 10.0. The number of hydrogen-bond donors (Lipinski definition) is 1. The number of aliphatic hydroxyl groups is 1. The van der Waals surface area contributed by atoms with E-state index in [2.05, 4.69) is 4.74 Å². The van der Waals surface area contributed by atoms with Gasteiger partial charge in [-0.2, -0.15) is 0 Å². The van der Waals surface area contributed by atoms with Gasteiger partial charge < -0.3 is 9.84 Å². The lowest BCUT2D eigenvalue weighted by molar-refractivity contribution is -0.275. The van der Waals surface area contributed by atoms with Crippen molar-refractivity contribution in [2.24, 2.45) is 0 Å². The molecular formula is C15H12F4O2. The van der Waals surface area contributed by atoms with Crippen LogP contribution >= 0.6 is 0 Å². The molecule has 1 N–H and O–H groups in total. The van der Waals surface area contributed by atoms with E-state index in [0.717, 1.165) is 6.07 Å². The van der Waals surface area contributed by atoms with Gasteiger partial charge in [0.05, 0.1) is 6.10 Å². The maximum absolute atomic E-state index is 12.8. The van der Waals surface area contributed by atoms with Gasteiger partial charge in [0.15, 0.2) is 0 Å². The van der Waals surface area contributed by atoms with Crippen LogP contribution in [-0.2, 0) is 6.42 Å². The van der Waals surface area contributed by atoms with Crippen LogP contribution in [0.4, 0.5) is 17.6 Å². The topological polar surface area (TPSA) is 29.5 Å². The van der Waals surface area contributed by atoms with Crippen molar-refractivity contribution >= 4 is 0 Å². The van der Waals surface area contributed by atoms with Crippen molar-refractivity contribution in [3.05, 3.63) is 65.5 Å². The first-order valence-corrected chi connectivity index (χ1v) is 6.12.